The first-order valence-corrected chi connectivity index (χ1v) is 9.25. The summed E-state index contributed by atoms with van der Waals surface area (Å²) in [6, 6.07) is 0. The summed E-state index contributed by atoms with van der Waals surface area (Å²) in [5.41, 5.74) is 0. The zero-order chi connectivity index (χ0) is 16.6. The van der Waals surface area contributed by atoms with Crippen molar-refractivity contribution in [2.45, 2.75) is 89.4 Å². The Morgan fingerprint density at radius 3 is 2.33 bits per heavy atom. The molecule has 0 radical (unpaired) electrons. The van der Waals surface area contributed by atoms with E-state index in [9.17, 15) is 14.0 Å². The van der Waals surface area contributed by atoms with Crippen LogP contribution in [0.15, 0.2) is 0 Å². The Bertz CT molecular complexity index is 393. The lowest BCUT2D eigenvalue weighted by atomic mass is 9.72. The Hall–Kier alpha value is -0.300. The summed E-state index contributed by atoms with van der Waals surface area (Å²) < 4.78 is 34.4. The van der Waals surface area contributed by atoms with Gasteiger partial charge in [-0.15, -0.1) is 0 Å². The topological polar surface area (TPSA) is 70.2 Å². The Morgan fingerprint density at radius 1 is 1.04 bits per heavy atom. The Kier molecular flexibility index (Phi) is 7.00. The van der Waals surface area contributed by atoms with Crippen LogP contribution in [0.1, 0.15) is 60.2 Å². The minimum absolute atomic E-state index is 0. The highest BCUT2D eigenvalue weighted by Crippen LogP contribution is 2.43. The molecule has 6 heteroatoms. The number of ether oxygens (including phenoxy) is 1. The summed E-state index contributed by atoms with van der Waals surface area (Å²) in [5.74, 6) is 0.814. The largest absolute Gasteiger partial charge is 0.412 e. The summed E-state index contributed by atoms with van der Waals surface area (Å²) >= 11 is 0. The first-order chi connectivity index (χ1) is 11.0. The van der Waals surface area contributed by atoms with Crippen molar-refractivity contribution in [3.8, 4) is 0 Å². The fourth-order valence-corrected chi connectivity index (χ4v) is 4.93. The molecule has 3 aliphatic rings. The summed E-state index contributed by atoms with van der Waals surface area (Å²) in [5, 5.41) is 9.40. The molecule has 1 saturated heterocycles. The number of fused-ring (bicyclic) bond motifs is 1. The maximum atomic E-state index is 14.4. The molecule has 144 valence electrons. The number of rotatable bonds is 3. The molecule has 3 N–H and O–H groups in total. The predicted molar refractivity (Wildman–Crippen MR) is 89.3 cm³/mol. The van der Waals surface area contributed by atoms with E-state index >= 15 is 0 Å². The minimum atomic E-state index is -1.56. The Morgan fingerprint density at radius 2 is 1.71 bits per heavy atom. The summed E-state index contributed by atoms with van der Waals surface area (Å²) in [6.45, 7) is 4.02. The Labute approximate surface area is 144 Å². The number of hydrogen-bond acceptors (Lipinski definition) is 3. The van der Waals surface area contributed by atoms with E-state index in [4.69, 9.17) is 9.62 Å². The highest BCUT2D eigenvalue weighted by molar-refractivity contribution is 4.97. The van der Waals surface area contributed by atoms with Gasteiger partial charge in [-0.2, -0.15) is 0 Å². The fourth-order valence-electron chi connectivity index (χ4n) is 4.93. The van der Waals surface area contributed by atoms with Gasteiger partial charge in [-0.05, 0) is 55.8 Å². The fraction of sp³-hybridized carbons (Fsp3) is 1.00. The van der Waals surface area contributed by atoms with E-state index in [1.165, 1.54) is 0 Å². The summed E-state index contributed by atoms with van der Waals surface area (Å²) in [7, 11) is 0. The SMILES string of the molecule is CC1CCC(C(OO)C2CCC3CC(C)C(F)C(F)C3O2)CC1.O.[HH]. The van der Waals surface area contributed by atoms with Gasteiger partial charge in [-0.3, -0.25) is 5.26 Å². The second-order valence-electron chi connectivity index (χ2n) is 8.17. The standard InChI is InChI=1S/C18H30F2O3.H2O.H2/c1-10-3-5-12(6-4-10)17(23-21)14-8-7-13-9-11(2)15(19)16(20)18(13)22-14;;/h10-18,21H,3-9H2,1-2H3;1H2;1H. The van der Waals surface area contributed by atoms with E-state index < -0.39 is 24.6 Å². The van der Waals surface area contributed by atoms with Gasteiger partial charge < -0.3 is 10.2 Å². The maximum Gasteiger partial charge on any atom is 0.158 e. The molecule has 0 spiro atoms. The van der Waals surface area contributed by atoms with Crippen LogP contribution in [-0.4, -0.2) is 41.4 Å². The molecule has 3 rings (SSSR count). The summed E-state index contributed by atoms with van der Waals surface area (Å²) in [4.78, 5) is 4.79. The third-order valence-electron chi connectivity index (χ3n) is 6.47. The van der Waals surface area contributed by atoms with Crippen molar-refractivity contribution in [3.05, 3.63) is 0 Å². The van der Waals surface area contributed by atoms with Crippen LogP contribution < -0.4 is 0 Å². The van der Waals surface area contributed by atoms with Crippen molar-refractivity contribution in [1.82, 2.24) is 0 Å². The predicted octanol–water partition coefficient (Wildman–Crippen LogP) is 3.97. The monoisotopic (exact) mass is 352 g/mol. The van der Waals surface area contributed by atoms with Crippen LogP contribution in [-0.2, 0) is 9.62 Å². The highest BCUT2D eigenvalue weighted by atomic mass is 19.2. The van der Waals surface area contributed by atoms with E-state index in [-0.39, 0.29) is 30.8 Å². The minimum Gasteiger partial charge on any atom is -0.412 e. The van der Waals surface area contributed by atoms with Crippen LogP contribution in [0.25, 0.3) is 0 Å². The molecule has 1 heterocycles. The van der Waals surface area contributed by atoms with Gasteiger partial charge in [0.1, 0.15) is 12.3 Å². The van der Waals surface area contributed by atoms with Gasteiger partial charge in [0.05, 0.1) is 12.2 Å². The van der Waals surface area contributed by atoms with E-state index in [1.807, 2.05) is 0 Å². The molecule has 0 aromatic carbocycles. The van der Waals surface area contributed by atoms with Gasteiger partial charge in [0, 0.05) is 1.43 Å². The maximum absolute atomic E-state index is 14.4. The van der Waals surface area contributed by atoms with Crippen molar-refractivity contribution in [1.29, 1.82) is 0 Å². The Balaban J connectivity index is 0.00000156. The van der Waals surface area contributed by atoms with Crippen LogP contribution in [0.4, 0.5) is 8.78 Å². The molecular weight excluding hydrogens is 318 g/mol. The molecule has 0 aromatic heterocycles. The van der Waals surface area contributed by atoms with Crippen molar-refractivity contribution < 1.29 is 30.6 Å². The molecular formula is C18H34F2O4. The second-order valence-corrected chi connectivity index (χ2v) is 8.17. The summed E-state index contributed by atoms with van der Waals surface area (Å²) in [6.07, 6.45) is 2.11. The second kappa shape index (κ2) is 8.39. The molecule has 24 heavy (non-hydrogen) atoms. The molecule has 3 fully saturated rings. The highest BCUT2D eigenvalue weighted by Gasteiger charge is 2.49. The van der Waals surface area contributed by atoms with Gasteiger partial charge >= 0.3 is 0 Å². The van der Waals surface area contributed by atoms with Crippen LogP contribution in [0, 0.1) is 23.7 Å². The number of hydrogen-bond donors (Lipinski definition) is 1. The van der Waals surface area contributed by atoms with Crippen molar-refractivity contribution in [3.63, 3.8) is 0 Å². The molecule has 0 bridgehead atoms. The van der Waals surface area contributed by atoms with E-state index in [1.54, 1.807) is 6.92 Å². The number of alkyl halides is 2. The average molecular weight is 352 g/mol. The third-order valence-corrected chi connectivity index (χ3v) is 6.47. The van der Waals surface area contributed by atoms with E-state index in [0.29, 0.717) is 12.3 Å². The van der Waals surface area contributed by atoms with Crippen LogP contribution in [0.5, 0.6) is 0 Å². The van der Waals surface area contributed by atoms with Crippen LogP contribution >= 0.6 is 0 Å². The normalized spacial score (nSPS) is 47.4. The average Bonchev–Trinajstić information content (AvgIpc) is 2.56. The molecule has 2 saturated carbocycles. The zero-order valence-corrected chi connectivity index (χ0v) is 14.7. The van der Waals surface area contributed by atoms with Crippen molar-refractivity contribution in [2.24, 2.45) is 23.7 Å². The van der Waals surface area contributed by atoms with Gasteiger partial charge in [0.2, 0.25) is 0 Å². The van der Waals surface area contributed by atoms with Gasteiger partial charge in [-0.1, -0.05) is 26.7 Å². The van der Waals surface area contributed by atoms with Crippen molar-refractivity contribution >= 4 is 0 Å². The number of halogens is 2. The smallest absolute Gasteiger partial charge is 0.158 e. The van der Waals surface area contributed by atoms with Crippen molar-refractivity contribution in [2.75, 3.05) is 0 Å². The van der Waals surface area contributed by atoms with Gasteiger partial charge in [0.25, 0.3) is 0 Å². The molecule has 0 amide bonds. The molecule has 1 aliphatic heterocycles. The lowest BCUT2D eigenvalue weighted by molar-refractivity contribution is -0.327. The lowest BCUT2D eigenvalue weighted by Gasteiger charge is -2.47. The molecule has 7 atom stereocenters. The van der Waals surface area contributed by atoms with Crippen LogP contribution in [0.2, 0.25) is 0 Å². The lowest BCUT2D eigenvalue weighted by Crippen LogP contribution is -2.54. The zero-order valence-electron chi connectivity index (χ0n) is 14.7. The molecule has 4 nitrogen and oxygen atoms in total. The van der Waals surface area contributed by atoms with Gasteiger partial charge in [0.15, 0.2) is 6.17 Å². The molecule has 0 aromatic rings. The molecule has 2 aliphatic carbocycles. The van der Waals surface area contributed by atoms with Crippen LogP contribution in [0.3, 0.4) is 0 Å². The van der Waals surface area contributed by atoms with E-state index in [2.05, 4.69) is 6.92 Å². The molecule has 7 unspecified atom stereocenters. The van der Waals surface area contributed by atoms with Gasteiger partial charge in [-0.25, -0.2) is 13.7 Å². The van der Waals surface area contributed by atoms with E-state index in [0.717, 1.165) is 38.5 Å². The third kappa shape index (κ3) is 3.92. The first kappa shape index (κ1) is 20.0. The first-order valence-electron chi connectivity index (χ1n) is 9.25. The quantitative estimate of drug-likeness (QED) is 0.617.